The average Bonchev–Trinajstić information content (AvgIpc) is 0.752. The van der Waals surface area contributed by atoms with Crippen molar-refractivity contribution in [3.05, 3.63) is 141 Å². The van der Waals surface area contributed by atoms with Gasteiger partial charge >= 0.3 is 5.97 Å². The molecule has 14 rings (SSSR count). The number of carboxylic acid groups (broad SMARTS) is 1. The number of aliphatic hydroxyl groups excluding tert-OH is 6. The van der Waals surface area contributed by atoms with Crippen LogP contribution in [0.2, 0.25) is 5.02 Å². The Hall–Kier alpha value is -10.6. The summed E-state index contributed by atoms with van der Waals surface area (Å²) < 4.78 is 74.0. The van der Waals surface area contributed by atoms with Gasteiger partial charge in [-0.2, -0.15) is 0 Å². The number of phenols is 3. The van der Waals surface area contributed by atoms with Crippen LogP contribution in [0.1, 0.15) is 155 Å². The van der Waals surface area contributed by atoms with Gasteiger partial charge in [-0.25, -0.2) is 17.9 Å². The van der Waals surface area contributed by atoms with E-state index in [2.05, 4.69) is 47.3 Å². The number of aromatic hydroxyl groups is 3. The Kier molecular flexibility index (Phi) is 27.7. The predicted octanol–water partition coefficient (Wildman–Crippen LogP) is 1.53. The fourth-order valence-electron chi connectivity index (χ4n) is 15.2. The molecule has 0 radical (unpaired) electrons. The van der Waals surface area contributed by atoms with E-state index in [1.54, 1.807) is 13.8 Å². The number of aliphatic hydroxyl groups is 6. The molecule has 38 nitrogen and oxygen atoms in total. The Morgan fingerprint density at radius 1 is 0.702 bits per heavy atom. The highest BCUT2D eigenvalue weighted by atomic mass is 35.5. The number of aliphatic carboxylic acids is 1. The van der Waals surface area contributed by atoms with Gasteiger partial charge in [-0.15, -0.1) is 0 Å². The first-order valence-corrected chi connectivity index (χ1v) is 41.0. The van der Waals surface area contributed by atoms with E-state index in [-0.39, 0.29) is 59.9 Å². The SMILES string of the molecule is CCCCCOc1ccc(S(=O)(=O)NCCCNCc2c(O)cc3c(c2O)-c2cc(ccc2O)[C@H]2NC(=O)[C@@H]4NC(=O)[C@H](CC(N)=O)NC(=O)[C@H](NC(=O)[C@@H](CC(C)C)NC)[C@H](O)c5ccc6c(c5)C(O)[C@H]5O[C@@H](Oc7c(cc4cc7O6)Oc4ccc(cc4Cl)[C@@H](O)[C@H](NC2=O)C(=O)N[C@@H]3C(=O)O)[C@H](O[C@H]2C[C@](C)(N)[C@H](O)[C@H](C)O2)[C@@H](O)[C@@H]5O)cc1. The molecule has 2 saturated heterocycles. The van der Waals surface area contributed by atoms with Gasteiger partial charge in [0, 0.05) is 47.3 Å². The number of likely N-dealkylation sites (N-methyl/N-ethyl adjacent to an activating group) is 1. The Morgan fingerprint density at radius 2 is 1.36 bits per heavy atom. The number of carbonyl (C=O) groups excluding carboxylic acids is 7. The van der Waals surface area contributed by atoms with Crippen molar-refractivity contribution in [3.8, 4) is 62.9 Å². The lowest BCUT2D eigenvalue weighted by molar-refractivity contribution is -0.339. The maximum atomic E-state index is 16.3. The van der Waals surface area contributed by atoms with E-state index in [0.717, 1.165) is 86.0 Å². The molecule has 2 fully saturated rings. The Bertz CT molecular complexity index is 5050. The Morgan fingerprint density at radius 3 is 2.02 bits per heavy atom. The van der Waals surface area contributed by atoms with Gasteiger partial charge in [-0.1, -0.05) is 63.4 Å². The number of halogens is 1. The Labute approximate surface area is 698 Å². The highest BCUT2D eigenvalue weighted by Crippen LogP contribution is 2.52. The number of benzene rings is 6. The van der Waals surface area contributed by atoms with E-state index in [9.17, 15) is 73.9 Å². The predicted molar refractivity (Wildman–Crippen MR) is 425 cm³/mol. The molecule has 0 saturated carbocycles. The maximum Gasteiger partial charge on any atom is 0.330 e. The molecule has 14 bridgehead atoms. The zero-order valence-electron chi connectivity index (χ0n) is 66.3. The molecule has 0 aromatic heterocycles. The van der Waals surface area contributed by atoms with Gasteiger partial charge in [0.05, 0.1) is 46.8 Å². The van der Waals surface area contributed by atoms with Crippen molar-refractivity contribution in [1.82, 2.24) is 47.3 Å². The minimum atomic E-state index is -4.03. The van der Waals surface area contributed by atoms with Crippen LogP contribution in [-0.4, -0.2) is 212 Å². The standard InChI is InChI=1S/C81H98ClN11O27S/c1-7-8-9-23-114-40-14-16-41(17-15-40)121(112,113)87-22-10-21-86-33-45-50(95)30-44-57(65(45)99)42-25-36(11-18-49(42)94)58-75(106)93-62(78(109)91-60(44)79(110)111)64(98)38-13-20-52(46(82)27-38)117-54-29-39-28-53-69(54)119-80-71(118-56-32-81(5,84)72(103)35(4)115-56)68(102)67(101)70(120-80)66(100)43-26-37(12-19-51(43)116-53)63(97)61(92-73(104)47(85-6)24-34(2)3)77(108)88-48(31-55(83)96)74(105)89-59(39)76(107)90-58/h11-20,25-30,34-35,47-48,56,58-64,66-68,70-72,80,85-87,94-95,97-103H,7-10,21-24,31-33,84H2,1-6H3,(H2,83,96)(H,88,108)(H,89,105)(H,90,107)(H,91,109)(H,92,104)(H,93,106)(H,110,111)/t35-,47+,48-,56-,58+,59+,60-,61+,62-,63+,64+,66?,67-,68-,70+,71+,72+,80+,81-/m0/s1. The number of amides is 7. The van der Waals surface area contributed by atoms with E-state index in [0.29, 0.717) is 12.4 Å². The third-order valence-electron chi connectivity index (χ3n) is 21.8. The average molecular weight is 1730 g/mol. The number of fused-ring (bicyclic) bond motifs is 16. The highest BCUT2D eigenvalue weighted by molar-refractivity contribution is 7.89. The fraction of sp³-hybridized carbons (Fsp3) is 0.457. The summed E-state index contributed by atoms with van der Waals surface area (Å²) in [6.07, 6.45) is -19.0. The number of nitrogens with one attached hydrogen (secondary N) is 9. The quantitative estimate of drug-likeness (QED) is 0.0405. The van der Waals surface area contributed by atoms with Gasteiger partial charge < -0.3 is 138 Å². The molecular formula is C81H98ClN11O27S. The molecule has 40 heteroatoms. The normalized spacial score (nSPS) is 27.6. The lowest BCUT2D eigenvalue weighted by atomic mass is 9.86. The molecule has 6 aromatic carbocycles. The van der Waals surface area contributed by atoms with Gasteiger partial charge in [0.15, 0.2) is 29.9 Å². The molecule has 652 valence electrons. The number of nitrogens with two attached hydrogens (primary N) is 2. The molecule has 0 spiro atoms. The summed E-state index contributed by atoms with van der Waals surface area (Å²) in [5.74, 6) is -16.0. The first-order chi connectivity index (χ1) is 57.4. The minimum absolute atomic E-state index is 0.00481. The number of primary amides is 1. The van der Waals surface area contributed by atoms with Gasteiger partial charge in [-0.05, 0) is 154 Å². The van der Waals surface area contributed by atoms with E-state index in [1.165, 1.54) is 51.2 Å². The number of carbonyl (C=O) groups is 8. The largest absolute Gasteiger partial charge is 0.507 e. The van der Waals surface area contributed by atoms with Crippen LogP contribution in [0.5, 0.6) is 51.7 Å². The zero-order chi connectivity index (χ0) is 87.5. The zero-order valence-corrected chi connectivity index (χ0v) is 67.9. The monoisotopic (exact) mass is 1720 g/mol. The Balaban J connectivity index is 1.01. The fourth-order valence-corrected chi connectivity index (χ4v) is 16.6. The van der Waals surface area contributed by atoms with E-state index >= 15 is 24.0 Å². The molecule has 19 atom stereocenters. The number of rotatable bonds is 23. The second-order valence-corrected chi connectivity index (χ2v) is 33.4. The van der Waals surface area contributed by atoms with Gasteiger partial charge in [-0.3, -0.25) is 33.6 Å². The molecule has 7 amide bonds. The summed E-state index contributed by atoms with van der Waals surface area (Å²) in [6.45, 7) is 8.51. The lowest BCUT2D eigenvalue weighted by Crippen LogP contribution is -2.64. The number of unbranched alkanes of at least 4 members (excludes halogenated alkanes) is 2. The first-order valence-electron chi connectivity index (χ1n) is 39.2. The number of hydrogen-bond donors (Lipinski definition) is 21. The van der Waals surface area contributed by atoms with Crippen molar-refractivity contribution < 1.29 is 131 Å². The summed E-state index contributed by atoms with van der Waals surface area (Å²) >= 11 is 7.14. The topological polar surface area (TPSA) is 598 Å². The summed E-state index contributed by atoms with van der Waals surface area (Å²) in [5.41, 5.74) is 6.95. The molecule has 1 unspecified atom stereocenters. The van der Waals surface area contributed by atoms with Crippen LogP contribution in [0.15, 0.2) is 102 Å². The van der Waals surface area contributed by atoms with Crippen LogP contribution >= 0.6 is 11.6 Å². The van der Waals surface area contributed by atoms with E-state index < -0.39 is 270 Å². The third kappa shape index (κ3) is 19.7. The summed E-state index contributed by atoms with van der Waals surface area (Å²) in [5, 5.41) is 141. The van der Waals surface area contributed by atoms with Crippen molar-refractivity contribution in [2.75, 3.05) is 26.7 Å². The van der Waals surface area contributed by atoms with Gasteiger partial charge in [0.1, 0.15) is 101 Å². The van der Waals surface area contributed by atoms with Crippen LogP contribution < -0.4 is 77.7 Å². The van der Waals surface area contributed by atoms with E-state index in [1.807, 2.05) is 6.92 Å². The van der Waals surface area contributed by atoms with Crippen LogP contribution in [0.4, 0.5) is 0 Å². The van der Waals surface area contributed by atoms with Crippen molar-refractivity contribution in [3.63, 3.8) is 0 Å². The van der Waals surface area contributed by atoms with Crippen molar-refractivity contribution in [2.45, 2.75) is 206 Å². The molecule has 23 N–H and O–H groups in total. The maximum absolute atomic E-state index is 16.3. The second-order valence-electron chi connectivity index (χ2n) is 31.2. The van der Waals surface area contributed by atoms with Gasteiger partial charge in [0.25, 0.3) is 0 Å². The van der Waals surface area contributed by atoms with Crippen LogP contribution in [0.25, 0.3) is 11.1 Å². The third-order valence-corrected chi connectivity index (χ3v) is 23.6. The number of sulfonamides is 1. The molecule has 0 aliphatic carbocycles. The number of carboxylic acids is 1. The summed E-state index contributed by atoms with van der Waals surface area (Å²) in [7, 11) is -2.58. The molecule has 8 aliphatic rings. The molecular weight excluding hydrogens is 1630 g/mol. The summed E-state index contributed by atoms with van der Waals surface area (Å²) in [6, 6.07) is 3.84. The smallest absolute Gasteiger partial charge is 0.330 e. The number of hydrogen-bond acceptors (Lipinski definition) is 29. The molecule has 8 aliphatic heterocycles. The second kappa shape index (κ2) is 37.4. The van der Waals surface area contributed by atoms with Crippen LogP contribution in [0, 0.1) is 5.92 Å². The van der Waals surface area contributed by atoms with Gasteiger partial charge in [0.2, 0.25) is 63.4 Å². The first kappa shape index (κ1) is 89.7. The number of ether oxygens (including phenoxy) is 7. The number of phenolic OH excluding ortho intramolecular Hbond substituents is 3. The molecule has 121 heavy (non-hydrogen) atoms. The van der Waals surface area contributed by atoms with E-state index in [4.69, 9.17) is 56.2 Å². The lowest BCUT2D eigenvalue weighted by Gasteiger charge is -2.48. The van der Waals surface area contributed by atoms with Crippen LogP contribution in [0.3, 0.4) is 0 Å². The van der Waals surface area contributed by atoms with Crippen molar-refractivity contribution in [1.29, 1.82) is 0 Å². The highest BCUT2D eigenvalue weighted by Gasteiger charge is 2.54. The molecule has 8 heterocycles. The molecule has 6 aromatic rings. The summed E-state index contributed by atoms with van der Waals surface area (Å²) in [4.78, 5) is 120. The van der Waals surface area contributed by atoms with Crippen LogP contribution in [-0.2, 0) is 69.1 Å². The van der Waals surface area contributed by atoms with Crippen molar-refractivity contribution >= 4 is 68.9 Å². The van der Waals surface area contributed by atoms with Crippen molar-refractivity contribution in [2.24, 2.45) is 17.4 Å². The minimum Gasteiger partial charge on any atom is -0.507 e.